The standard InChI is InChI=1S/C13H23N3/c1-9(2)16-8-11(4)14-13(16)15-12-6-5-10(3)7-12/h8-10,12H,5-7H2,1-4H3,(H,14,15). The molecule has 16 heavy (non-hydrogen) atoms. The molecule has 1 aliphatic rings. The zero-order chi connectivity index (χ0) is 11.7. The lowest BCUT2D eigenvalue weighted by Gasteiger charge is -2.17. The highest BCUT2D eigenvalue weighted by Crippen LogP contribution is 2.28. The average molecular weight is 221 g/mol. The lowest BCUT2D eigenvalue weighted by Crippen LogP contribution is -2.19. The third-order valence-corrected chi connectivity index (χ3v) is 3.44. The van der Waals surface area contributed by atoms with E-state index >= 15 is 0 Å². The fraction of sp³-hybridized carbons (Fsp3) is 0.769. The Kier molecular flexibility index (Phi) is 3.22. The highest BCUT2D eigenvalue weighted by molar-refractivity contribution is 5.31. The van der Waals surface area contributed by atoms with E-state index in [1.807, 2.05) is 0 Å². The van der Waals surface area contributed by atoms with Crippen LogP contribution in [-0.4, -0.2) is 15.6 Å². The Balaban J connectivity index is 2.08. The van der Waals surface area contributed by atoms with Gasteiger partial charge in [-0.2, -0.15) is 0 Å². The van der Waals surface area contributed by atoms with Gasteiger partial charge in [-0.25, -0.2) is 4.98 Å². The van der Waals surface area contributed by atoms with Crippen LogP contribution in [0.2, 0.25) is 0 Å². The van der Waals surface area contributed by atoms with E-state index in [0.717, 1.165) is 17.6 Å². The quantitative estimate of drug-likeness (QED) is 0.848. The Bertz CT molecular complexity index is 354. The maximum absolute atomic E-state index is 4.57. The van der Waals surface area contributed by atoms with Gasteiger partial charge in [0.25, 0.3) is 0 Å². The fourth-order valence-corrected chi connectivity index (χ4v) is 2.54. The van der Waals surface area contributed by atoms with Crippen LogP contribution in [0.25, 0.3) is 0 Å². The van der Waals surface area contributed by atoms with Gasteiger partial charge in [0.05, 0.1) is 5.69 Å². The molecule has 0 saturated heterocycles. The third-order valence-electron chi connectivity index (χ3n) is 3.44. The summed E-state index contributed by atoms with van der Waals surface area (Å²) in [5, 5.41) is 3.59. The molecule has 0 amide bonds. The SMILES string of the molecule is Cc1cn(C(C)C)c(NC2CCC(C)C2)n1. The van der Waals surface area contributed by atoms with Crippen LogP contribution in [0.5, 0.6) is 0 Å². The van der Waals surface area contributed by atoms with Gasteiger partial charge in [-0.05, 0) is 46.0 Å². The summed E-state index contributed by atoms with van der Waals surface area (Å²) in [5.41, 5.74) is 1.10. The van der Waals surface area contributed by atoms with Crippen molar-refractivity contribution >= 4 is 5.95 Å². The Hall–Kier alpha value is -0.990. The van der Waals surface area contributed by atoms with Crippen LogP contribution in [0.4, 0.5) is 5.95 Å². The van der Waals surface area contributed by atoms with Crippen molar-refractivity contribution in [2.24, 2.45) is 5.92 Å². The second kappa shape index (κ2) is 4.48. The topological polar surface area (TPSA) is 29.9 Å². The van der Waals surface area contributed by atoms with E-state index in [2.05, 4.69) is 48.8 Å². The van der Waals surface area contributed by atoms with E-state index in [1.54, 1.807) is 0 Å². The smallest absolute Gasteiger partial charge is 0.203 e. The highest BCUT2D eigenvalue weighted by Gasteiger charge is 2.22. The number of nitrogens with one attached hydrogen (secondary N) is 1. The van der Waals surface area contributed by atoms with Crippen molar-refractivity contribution in [2.45, 2.75) is 59.0 Å². The number of aromatic nitrogens is 2. The van der Waals surface area contributed by atoms with Crippen LogP contribution in [0, 0.1) is 12.8 Å². The average Bonchev–Trinajstić information content (AvgIpc) is 2.74. The van der Waals surface area contributed by atoms with Gasteiger partial charge in [0.2, 0.25) is 5.95 Å². The number of hydrogen-bond donors (Lipinski definition) is 1. The lowest BCUT2D eigenvalue weighted by atomic mass is 10.1. The van der Waals surface area contributed by atoms with Crippen molar-refractivity contribution < 1.29 is 0 Å². The van der Waals surface area contributed by atoms with Gasteiger partial charge in [-0.15, -0.1) is 0 Å². The predicted octanol–water partition coefficient (Wildman–Crippen LogP) is 3.37. The lowest BCUT2D eigenvalue weighted by molar-refractivity contribution is 0.584. The summed E-state index contributed by atoms with van der Waals surface area (Å²) in [6.45, 7) is 8.79. The van der Waals surface area contributed by atoms with Crippen LogP contribution in [0.15, 0.2) is 6.20 Å². The maximum atomic E-state index is 4.57. The molecule has 0 aromatic carbocycles. The molecular formula is C13H23N3. The Labute approximate surface area is 98.3 Å². The van der Waals surface area contributed by atoms with Gasteiger partial charge >= 0.3 is 0 Å². The van der Waals surface area contributed by atoms with Crippen LogP contribution < -0.4 is 5.32 Å². The second-order valence-corrected chi connectivity index (χ2v) is 5.47. The number of hydrogen-bond acceptors (Lipinski definition) is 2. The molecule has 1 saturated carbocycles. The number of anilines is 1. The Morgan fingerprint density at radius 2 is 2.19 bits per heavy atom. The van der Waals surface area contributed by atoms with Crippen molar-refractivity contribution in [2.75, 3.05) is 5.32 Å². The summed E-state index contributed by atoms with van der Waals surface area (Å²) in [6, 6.07) is 1.09. The first-order valence-electron chi connectivity index (χ1n) is 6.38. The van der Waals surface area contributed by atoms with Gasteiger partial charge in [0.15, 0.2) is 0 Å². The first-order valence-corrected chi connectivity index (χ1v) is 6.38. The first-order chi connectivity index (χ1) is 7.56. The van der Waals surface area contributed by atoms with E-state index in [-0.39, 0.29) is 0 Å². The summed E-state index contributed by atoms with van der Waals surface area (Å²) in [5.74, 6) is 1.91. The summed E-state index contributed by atoms with van der Waals surface area (Å²) >= 11 is 0. The first kappa shape index (κ1) is 11.5. The summed E-state index contributed by atoms with van der Waals surface area (Å²) < 4.78 is 2.23. The molecule has 3 heteroatoms. The van der Waals surface area contributed by atoms with Crippen molar-refractivity contribution in [3.05, 3.63) is 11.9 Å². The van der Waals surface area contributed by atoms with E-state index in [9.17, 15) is 0 Å². The van der Waals surface area contributed by atoms with E-state index in [4.69, 9.17) is 0 Å². The van der Waals surface area contributed by atoms with Crippen molar-refractivity contribution in [3.8, 4) is 0 Å². The molecule has 0 bridgehead atoms. The van der Waals surface area contributed by atoms with Gasteiger partial charge in [-0.1, -0.05) is 6.92 Å². The molecule has 1 aromatic rings. The molecule has 2 atom stereocenters. The van der Waals surface area contributed by atoms with E-state index in [0.29, 0.717) is 12.1 Å². The molecule has 3 nitrogen and oxygen atoms in total. The summed E-state index contributed by atoms with van der Waals surface area (Å²) in [4.78, 5) is 4.57. The third kappa shape index (κ3) is 2.39. The van der Waals surface area contributed by atoms with Crippen molar-refractivity contribution in [3.63, 3.8) is 0 Å². The minimum absolute atomic E-state index is 0.475. The molecule has 2 rings (SSSR count). The predicted molar refractivity (Wildman–Crippen MR) is 67.8 cm³/mol. The Morgan fingerprint density at radius 3 is 2.75 bits per heavy atom. The zero-order valence-corrected chi connectivity index (χ0v) is 10.8. The van der Waals surface area contributed by atoms with E-state index < -0.39 is 0 Å². The van der Waals surface area contributed by atoms with Gasteiger partial charge < -0.3 is 9.88 Å². The fourth-order valence-electron chi connectivity index (χ4n) is 2.54. The molecule has 1 heterocycles. The molecule has 2 unspecified atom stereocenters. The monoisotopic (exact) mass is 221 g/mol. The molecular weight excluding hydrogens is 198 g/mol. The molecule has 90 valence electrons. The molecule has 1 N–H and O–H groups in total. The zero-order valence-electron chi connectivity index (χ0n) is 10.8. The van der Waals surface area contributed by atoms with Crippen LogP contribution in [-0.2, 0) is 0 Å². The molecule has 0 spiro atoms. The van der Waals surface area contributed by atoms with E-state index in [1.165, 1.54) is 19.3 Å². The molecule has 1 aromatic heterocycles. The van der Waals surface area contributed by atoms with Crippen molar-refractivity contribution in [1.29, 1.82) is 0 Å². The molecule has 0 aliphatic heterocycles. The number of nitrogens with zero attached hydrogens (tertiary/aromatic N) is 2. The van der Waals surface area contributed by atoms with Gasteiger partial charge in [0.1, 0.15) is 0 Å². The van der Waals surface area contributed by atoms with Crippen LogP contribution in [0.1, 0.15) is 51.8 Å². The number of aryl methyl sites for hydroxylation is 1. The summed E-state index contributed by atoms with van der Waals surface area (Å²) in [7, 11) is 0. The molecule has 1 aliphatic carbocycles. The number of imidazole rings is 1. The highest BCUT2D eigenvalue weighted by atomic mass is 15.2. The number of rotatable bonds is 3. The minimum atomic E-state index is 0.475. The largest absolute Gasteiger partial charge is 0.353 e. The summed E-state index contributed by atoms with van der Waals surface area (Å²) in [6.07, 6.45) is 6.04. The van der Waals surface area contributed by atoms with Crippen LogP contribution >= 0.6 is 0 Å². The minimum Gasteiger partial charge on any atom is -0.353 e. The van der Waals surface area contributed by atoms with Gasteiger partial charge in [0, 0.05) is 18.3 Å². The Morgan fingerprint density at radius 1 is 1.44 bits per heavy atom. The normalized spacial score (nSPS) is 25.3. The van der Waals surface area contributed by atoms with Gasteiger partial charge in [-0.3, -0.25) is 0 Å². The second-order valence-electron chi connectivity index (χ2n) is 5.47. The molecule has 0 radical (unpaired) electrons. The van der Waals surface area contributed by atoms with Crippen LogP contribution in [0.3, 0.4) is 0 Å². The maximum Gasteiger partial charge on any atom is 0.203 e. The molecule has 1 fully saturated rings. The van der Waals surface area contributed by atoms with Crippen molar-refractivity contribution in [1.82, 2.24) is 9.55 Å².